The van der Waals surface area contributed by atoms with E-state index in [9.17, 15) is 13.6 Å². The molecular formula is C12H13F2NO3. The number of aliphatic carboxylic acids is 1. The summed E-state index contributed by atoms with van der Waals surface area (Å²) in [5, 5.41) is 11.9. The third-order valence-corrected chi connectivity index (χ3v) is 2.99. The Bertz CT molecular complexity index is 439. The number of rotatable bonds is 4. The number of benzene rings is 1. The van der Waals surface area contributed by atoms with Crippen LogP contribution in [0.2, 0.25) is 0 Å². The predicted molar refractivity (Wildman–Crippen MR) is 59.6 cm³/mol. The molecule has 1 aromatic carbocycles. The van der Waals surface area contributed by atoms with Gasteiger partial charge >= 0.3 is 12.6 Å². The summed E-state index contributed by atoms with van der Waals surface area (Å²) in [7, 11) is 0. The van der Waals surface area contributed by atoms with Gasteiger partial charge in [0.2, 0.25) is 0 Å². The van der Waals surface area contributed by atoms with Gasteiger partial charge in [0, 0.05) is 18.2 Å². The number of para-hydroxylation sites is 1. The number of carboxylic acid groups (broad SMARTS) is 1. The summed E-state index contributed by atoms with van der Waals surface area (Å²) in [5.41, 5.74) is 0.571. The first kappa shape index (κ1) is 12.8. The van der Waals surface area contributed by atoms with Crippen LogP contribution in [0.3, 0.4) is 0 Å². The summed E-state index contributed by atoms with van der Waals surface area (Å²) in [4.78, 5) is 10.8. The number of alkyl halides is 2. The first-order chi connectivity index (χ1) is 8.58. The van der Waals surface area contributed by atoms with E-state index in [1.54, 1.807) is 18.2 Å². The Labute approximate surface area is 103 Å². The van der Waals surface area contributed by atoms with Crippen LogP contribution in [0.15, 0.2) is 24.3 Å². The van der Waals surface area contributed by atoms with Crippen molar-refractivity contribution in [2.45, 2.75) is 19.1 Å². The van der Waals surface area contributed by atoms with E-state index < -0.39 is 18.5 Å². The molecule has 0 aliphatic carbocycles. The molecule has 2 rings (SSSR count). The third-order valence-electron chi connectivity index (χ3n) is 2.99. The Morgan fingerprint density at radius 1 is 1.44 bits per heavy atom. The number of nitrogens with one attached hydrogen (secondary N) is 1. The normalized spacial score (nSPS) is 23.3. The summed E-state index contributed by atoms with van der Waals surface area (Å²) >= 11 is 0. The van der Waals surface area contributed by atoms with E-state index >= 15 is 0 Å². The summed E-state index contributed by atoms with van der Waals surface area (Å²) < 4.78 is 28.9. The maximum Gasteiger partial charge on any atom is 0.387 e. The van der Waals surface area contributed by atoms with E-state index in [4.69, 9.17) is 5.11 Å². The van der Waals surface area contributed by atoms with Crippen molar-refractivity contribution in [3.8, 4) is 5.75 Å². The second kappa shape index (κ2) is 5.30. The minimum absolute atomic E-state index is 0.0936. The SMILES string of the molecule is O=C(O)C1CNC(c2ccccc2OC(F)F)C1. The van der Waals surface area contributed by atoms with Crippen molar-refractivity contribution in [3.63, 3.8) is 0 Å². The monoisotopic (exact) mass is 257 g/mol. The van der Waals surface area contributed by atoms with Gasteiger partial charge in [0.25, 0.3) is 0 Å². The van der Waals surface area contributed by atoms with Gasteiger partial charge in [-0.05, 0) is 12.5 Å². The quantitative estimate of drug-likeness (QED) is 0.866. The Kier molecular flexibility index (Phi) is 3.76. The second-order valence-corrected chi connectivity index (χ2v) is 4.15. The van der Waals surface area contributed by atoms with Gasteiger partial charge < -0.3 is 15.2 Å². The van der Waals surface area contributed by atoms with E-state index in [1.807, 2.05) is 0 Å². The van der Waals surface area contributed by atoms with Gasteiger partial charge in [-0.1, -0.05) is 18.2 Å². The molecule has 0 aromatic heterocycles. The largest absolute Gasteiger partial charge is 0.481 e. The predicted octanol–water partition coefficient (Wildman–Crippen LogP) is 2.02. The van der Waals surface area contributed by atoms with Crippen molar-refractivity contribution in [2.75, 3.05) is 6.54 Å². The van der Waals surface area contributed by atoms with E-state index in [2.05, 4.69) is 10.1 Å². The average Bonchev–Trinajstić information content (AvgIpc) is 2.78. The summed E-state index contributed by atoms with van der Waals surface area (Å²) in [6, 6.07) is 6.17. The zero-order valence-electron chi connectivity index (χ0n) is 9.48. The molecule has 18 heavy (non-hydrogen) atoms. The van der Waals surface area contributed by atoms with Crippen LogP contribution < -0.4 is 10.1 Å². The molecule has 0 spiro atoms. The zero-order valence-corrected chi connectivity index (χ0v) is 9.48. The van der Waals surface area contributed by atoms with Gasteiger partial charge in [-0.3, -0.25) is 4.79 Å². The van der Waals surface area contributed by atoms with Crippen molar-refractivity contribution in [1.29, 1.82) is 0 Å². The molecule has 0 bridgehead atoms. The highest BCUT2D eigenvalue weighted by atomic mass is 19.3. The fourth-order valence-corrected chi connectivity index (χ4v) is 2.13. The maximum atomic E-state index is 12.3. The number of hydrogen-bond donors (Lipinski definition) is 2. The molecule has 98 valence electrons. The van der Waals surface area contributed by atoms with E-state index in [1.165, 1.54) is 6.07 Å². The Morgan fingerprint density at radius 2 is 2.17 bits per heavy atom. The number of halogens is 2. The molecule has 0 saturated carbocycles. The lowest BCUT2D eigenvalue weighted by Crippen LogP contribution is -2.17. The smallest absolute Gasteiger partial charge is 0.387 e. The molecule has 2 atom stereocenters. The van der Waals surface area contributed by atoms with Crippen LogP contribution in [-0.4, -0.2) is 24.2 Å². The van der Waals surface area contributed by atoms with E-state index in [0.717, 1.165) is 0 Å². The Hall–Kier alpha value is -1.69. The highest BCUT2D eigenvalue weighted by Gasteiger charge is 2.31. The molecule has 0 amide bonds. The first-order valence-corrected chi connectivity index (χ1v) is 5.58. The minimum Gasteiger partial charge on any atom is -0.481 e. The zero-order chi connectivity index (χ0) is 13.1. The first-order valence-electron chi connectivity index (χ1n) is 5.58. The highest BCUT2D eigenvalue weighted by molar-refractivity contribution is 5.70. The molecule has 1 fully saturated rings. The second-order valence-electron chi connectivity index (χ2n) is 4.15. The fourth-order valence-electron chi connectivity index (χ4n) is 2.13. The van der Waals surface area contributed by atoms with Crippen LogP contribution >= 0.6 is 0 Å². The topological polar surface area (TPSA) is 58.6 Å². The van der Waals surface area contributed by atoms with Gasteiger partial charge in [0.1, 0.15) is 5.75 Å². The molecule has 1 aliphatic rings. The molecule has 6 heteroatoms. The highest BCUT2D eigenvalue weighted by Crippen LogP contribution is 2.33. The van der Waals surface area contributed by atoms with E-state index in [0.29, 0.717) is 18.5 Å². The maximum absolute atomic E-state index is 12.3. The van der Waals surface area contributed by atoms with Crippen LogP contribution in [0.25, 0.3) is 0 Å². The molecule has 4 nitrogen and oxygen atoms in total. The number of hydrogen-bond acceptors (Lipinski definition) is 3. The molecule has 1 saturated heterocycles. The van der Waals surface area contributed by atoms with Crippen LogP contribution in [0.4, 0.5) is 8.78 Å². The summed E-state index contributed by atoms with van der Waals surface area (Å²) in [6.45, 7) is -2.55. The lowest BCUT2D eigenvalue weighted by Gasteiger charge is -2.15. The Morgan fingerprint density at radius 3 is 2.78 bits per heavy atom. The van der Waals surface area contributed by atoms with Crippen molar-refractivity contribution in [3.05, 3.63) is 29.8 Å². The van der Waals surface area contributed by atoms with Crippen molar-refractivity contribution >= 4 is 5.97 Å². The van der Waals surface area contributed by atoms with Gasteiger partial charge in [-0.2, -0.15) is 8.78 Å². The molecule has 0 radical (unpaired) electrons. The van der Waals surface area contributed by atoms with E-state index in [-0.39, 0.29) is 11.8 Å². The molecule has 2 N–H and O–H groups in total. The van der Waals surface area contributed by atoms with Crippen molar-refractivity contribution in [2.24, 2.45) is 5.92 Å². The molecule has 1 aromatic rings. The summed E-state index contributed by atoms with van der Waals surface area (Å²) in [5.74, 6) is -1.28. The van der Waals surface area contributed by atoms with Crippen LogP contribution in [-0.2, 0) is 4.79 Å². The van der Waals surface area contributed by atoms with Gasteiger partial charge in [-0.15, -0.1) is 0 Å². The third kappa shape index (κ3) is 2.76. The average molecular weight is 257 g/mol. The number of ether oxygens (including phenoxy) is 1. The van der Waals surface area contributed by atoms with Gasteiger partial charge in [-0.25, -0.2) is 0 Å². The fraction of sp³-hybridized carbons (Fsp3) is 0.417. The van der Waals surface area contributed by atoms with Crippen molar-refractivity contribution < 1.29 is 23.4 Å². The summed E-state index contributed by atoms with van der Waals surface area (Å²) in [6.07, 6.45) is 0.374. The molecule has 1 heterocycles. The van der Waals surface area contributed by atoms with Gasteiger partial charge in [0.05, 0.1) is 5.92 Å². The number of carbonyl (C=O) groups is 1. The number of carboxylic acids is 1. The molecule has 1 aliphatic heterocycles. The lowest BCUT2D eigenvalue weighted by molar-refractivity contribution is -0.141. The van der Waals surface area contributed by atoms with Crippen LogP contribution in [0.1, 0.15) is 18.0 Å². The van der Waals surface area contributed by atoms with Crippen LogP contribution in [0, 0.1) is 5.92 Å². The minimum atomic E-state index is -2.89. The Balaban J connectivity index is 2.16. The molecule has 2 unspecified atom stereocenters. The standard InChI is InChI=1S/C12H13F2NO3/c13-12(14)18-10-4-2-1-3-8(10)9-5-7(6-15-9)11(16)17/h1-4,7,9,12,15H,5-6H2,(H,16,17). The van der Waals surface area contributed by atoms with Gasteiger partial charge in [0.15, 0.2) is 0 Å². The van der Waals surface area contributed by atoms with Crippen molar-refractivity contribution in [1.82, 2.24) is 5.32 Å². The lowest BCUT2D eigenvalue weighted by atomic mass is 9.99. The molecular weight excluding hydrogens is 244 g/mol. The van der Waals surface area contributed by atoms with Crippen LogP contribution in [0.5, 0.6) is 5.75 Å².